The van der Waals surface area contributed by atoms with Crippen LogP contribution in [0.25, 0.3) is 0 Å². The molecule has 1 rings (SSSR count). The number of nitrogens with zero attached hydrogens (tertiary/aromatic N) is 1. The summed E-state index contributed by atoms with van der Waals surface area (Å²) in [6, 6.07) is 0.495. The molecule has 0 unspecified atom stereocenters. The molecule has 0 aromatic rings. The Hall–Kier alpha value is -0.610. The van der Waals surface area contributed by atoms with Crippen LogP contribution in [0.2, 0.25) is 0 Å². The van der Waals surface area contributed by atoms with Crippen LogP contribution < -0.4 is 5.32 Å². The molecular formula is C11H22N2O2. The minimum absolute atomic E-state index is 0.260. The van der Waals surface area contributed by atoms with Gasteiger partial charge in [0.25, 0.3) is 0 Å². The Labute approximate surface area is 92.0 Å². The molecule has 0 aromatic carbocycles. The summed E-state index contributed by atoms with van der Waals surface area (Å²) in [4.78, 5) is 13.8. The first kappa shape index (κ1) is 12.5. The Balaban J connectivity index is 2.24. The van der Waals surface area contributed by atoms with Gasteiger partial charge in [0, 0.05) is 32.7 Å². The molecule has 0 aliphatic heterocycles. The average molecular weight is 214 g/mol. The zero-order chi connectivity index (χ0) is 11.1. The van der Waals surface area contributed by atoms with Crippen molar-refractivity contribution in [3.05, 3.63) is 0 Å². The minimum atomic E-state index is 0.260. The minimum Gasteiger partial charge on any atom is -0.383 e. The van der Waals surface area contributed by atoms with Gasteiger partial charge in [0.2, 0.25) is 5.91 Å². The van der Waals surface area contributed by atoms with Crippen molar-refractivity contribution in [2.75, 3.05) is 33.4 Å². The zero-order valence-electron chi connectivity index (χ0n) is 9.79. The third-order valence-electron chi connectivity index (χ3n) is 2.61. The van der Waals surface area contributed by atoms with Gasteiger partial charge < -0.3 is 15.0 Å². The van der Waals surface area contributed by atoms with E-state index in [2.05, 4.69) is 5.32 Å². The smallest absolute Gasteiger partial charge is 0.224 e. The van der Waals surface area contributed by atoms with Crippen LogP contribution in [0.15, 0.2) is 0 Å². The van der Waals surface area contributed by atoms with E-state index >= 15 is 0 Å². The lowest BCUT2D eigenvalue weighted by molar-refractivity contribution is -0.132. The molecule has 1 fully saturated rings. The van der Waals surface area contributed by atoms with Crippen molar-refractivity contribution in [3.63, 3.8) is 0 Å². The van der Waals surface area contributed by atoms with Crippen LogP contribution in [0.1, 0.15) is 26.2 Å². The third-order valence-corrected chi connectivity index (χ3v) is 2.61. The number of carbonyl (C=O) groups excluding carboxylic acids is 1. The van der Waals surface area contributed by atoms with Crippen LogP contribution in [0.3, 0.4) is 0 Å². The van der Waals surface area contributed by atoms with E-state index in [1.165, 1.54) is 0 Å². The van der Waals surface area contributed by atoms with Gasteiger partial charge in [-0.25, -0.2) is 0 Å². The predicted octanol–water partition coefficient (Wildman–Crippen LogP) is 0.623. The zero-order valence-corrected chi connectivity index (χ0v) is 9.79. The topological polar surface area (TPSA) is 41.6 Å². The average Bonchev–Trinajstić information content (AvgIpc) is 3.03. The lowest BCUT2D eigenvalue weighted by Crippen LogP contribution is -2.37. The molecule has 1 amide bonds. The number of ether oxygens (including phenoxy) is 1. The van der Waals surface area contributed by atoms with Crippen molar-refractivity contribution in [1.82, 2.24) is 10.2 Å². The van der Waals surface area contributed by atoms with Crippen LogP contribution in [0.5, 0.6) is 0 Å². The molecule has 1 saturated carbocycles. The van der Waals surface area contributed by atoms with Crippen LogP contribution in [0.4, 0.5) is 0 Å². The lowest BCUT2D eigenvalue weighted by atomic mass is 10.3. The Morgan fingerprint density at radius 1 is 1.53 bits per heavy atom. The number of methoxy groups -OCH3 is 1. The molecule has 0 atom stereocenters. The molecule has 1 aliphatic rings. The van der Waals surface area contributed by atoms with Crippen molar-refractivity contribution in [2.45, 2.75) is 32.2 Å². The molecular weight excluding hydrogens is 192 g/mol. The largest absolute Gasteiger partial charge is 0.383 e. The summed E-state index contributed by atoms with van der Waals surface area (Å²) in [5.41, 5.74) is 0. The van der Waals surface area contributed by atoms with E-state index in [1.54, 1.807) is 7.11 Å². The monoisotopic (exact) mass is 214 g/mol. The van der Waals surface area contributed by atoms with Crippen LogP contribution >= 0.6 is 0 Å². The predicted molar refractivity (Wildman–Crippen MR) is 59.8 cm³/mol. The van der Waals surface area contributed by atoms with Gasteiger partial charge in [-0.3, -0.25) is 4.79 Å². The van der Waals surface area contributed by atoms with Crippen LogP contribution in [0, 0.1) is 0 Å². The molecule has 0 bridgehead atoms. The number of hydrogen-bond donors (Lipinski definition) is 1. The standard InChI is InChI=1S/C11H22N2O2/c1-3-12-7-6-11(14)13(8-9-15-2)10-4-5-10/h10,12H,3-9H2,1-2H3. The maximum atomic E-state index is 11.8. The summed E-state index contributed by atoms with van der Waals surface area (Å²) in [6.45, 7) is 5.14. The Morgan fingerprint density at radius 2 is 2.27 bits per heavy atom. The fourth-order valence-electron chi connectivity index (χ4n) is 1.60. The Kier molecular flexibility index (Phi) is 5.65. The van der Waals surface area contributed by atoms with E-state index in [-0.39, 0.29) is 5.91 Å². The number of hydrogen-bond acceptors (Lipinski definition) is 3. The van der Waals surface area contributed by atoms with Gasteiger partial charge in [0.1, 0.15) is 0 Å². The first-order valence-corrected chi connectivity index (χ1v) is 5.78. The molecule has 1 N–H and O–H groups in total. The highest BCUT2D eigenvalue weighted by molar-refractivity contribution is 5.77. The lowest BCUT2D eigenvalue weighted by Gasteiger charge is -2.22. The summed E-state index contributed by atoms with van der Waals surface area (Å²) in [7, 11) is 1.67. The number of amides is 1. The van der Waals surface area contributed by atoms with Gasteiger partial charge in [0.15, 0.2) is 0 Å². The molecule has 4 nitrogen and oxygen atoms in total. The van der Waals surface area contributed by atoms with Gasteiger partial charge in [-0.05, 0) is 19.4 Å². The van der Waals surface area contributed by atoms with E-state index in [1.807, 2.05) is 11.8 Å². The van der Waals surface area contributed by atoms with Gasteiger partial charge in [-0.15, -0.1) is 0 Å². The second-order valence-electron chi connectivity index (χ2n) is 3.91. The molecule has 0 heterocycles. The second-order valence-corrected chi connectivity index (χ2v) is 3.91. The normalized spacial score (nSPS) is 15.3. The summed E-state index contributed by atoms with van der Waals surface area (Å²) in [6.07, 6.45) is 2.93. The maximum Gasteiger partial charge on any atom is 0.224 e. The van der Waals surface area contributed by atoms with E-state index in [4.69, 9.17) is 4.74 Å². The van der Waals surface area contributed by atoms with Crippen LogP contribution in [-0.4, -0.2) is 50.2 Å². The van der Waals surface area contributed by atoms with Crippen molar-refractivity contribution >= 4 is 5.91 Å². The van der Waals surface area contributed by atoms with Gasteiger partial charge in [0.05, 0.1) is 6.61 Å². The van der Waals surface area contributed by atoms with Gasteiger partial charge >= 0.3 is 0 Å². The van der Waals surface area contributed by atoms with Crippen LogP contribution in [-0.2, 0) is 9.53 Å². The number of nitrogens with one attached hydrogen (secondary N) is 1. The summed E-state index contributed by atoms with van der Waals surface area (Å²) in [5, 5.41) is 3.17. The molecule has 0 saturated heterocycles. The van der Waals surface area contributed by atoms with Crippen molar-refractivity contribution in [3.8, 4) is 0 Å². The molecule has 88 valence electrons. The van der Waals surface area contributed by atoms with E-state index in [0.717, 1.165) is 32.5 Å². The Bertz CT molecular complexity index is 193. The van der Waals surface area contributed by atoms with E-state index < -0.39 is 0 Å². The maximum absolute atomic E-state index is 11.8. The fraction of sp³-hybridized carbons (Fsp3) is 0.909. The SMILES string of the molecule is CCNCCC(=O)N(CCOC)C1CC1. The Morgan fingerprint density at radius 3 is 2.80 bits per heavy atom. The third kappa shape index (κ3) is 4.62. The molecule has 4 heteroatoms. The van der Waals surface area contributed by atoms with E-state index in [9.17, 15) is 4.79 Å². The fourth-order valence-corrected chi connectivity index (χ4v) is 1.60. The first-order chi connectivity index (χ1) is 7.29. The summed E-state index contributed by atoms with van der Waals surface area (Å²) >= 11 is 0. The molecule has 1 aliphatic carbocycles. The molecule has 15 heavy (non-hydrogen) atoms. The summed E-state index contributed by atoms with van der Waals surface area (Å²) < 4.78 is 5.02. The molecule has 0 spiro atoms. The molecule has 0 aromatic heterocycles. The van der Waals surface area contributed by atoms with Crippen molar-refractivity contribution in [2.24, 2.45) is 0 Å². The number of rotatable bonds is 8. The van der Waals surface area contributed by atoms with Gasteiger partial charge in [-0.1, -0.05) is 6.92 Å². The van der Waals surface area contributed by atoms with Gasteiger partial charge in [-0.2, -0.15) is 0 Å². The summed E-state index contributed by atoms with van der Waals surface area (Å²) in [5.74, 6) is 0.260. The first-order valence-electron chi connectivity index (χ1n) is 5.78. The second kappa shape index (κ2) is 6.80. The number of carbonyl (C=O) groups is 1. The van der Waals surface area contributed by atoms with E-state index in [0.29, 0.717) is 19.1 Å². The highest BCUT2D eigenvalue weighted by Gasteiger charge is 2.31. The quantitative estimate of drug-likeness (QED) is 0.602. The highest BCUT2D eigenvalue weighted by Crippen LogP contribution is 2.26. The van der Waals surface area contributed by atoms with Crippen molar-refractivity contribution in [1.29, 1.82) is 0 Å². The van der Waals surface area contributed by atoms with Crippen molar-refractivity contribution < 1.29 is 9.53 Å². The molecule has 0 radical (unpaired) electrons. The highest BCUT2D eigenvalue weighted by atomic mass is 16.5.